The second-order valence-electron chi connectivity index (χ2n) is 9.45. The van der Waals surface area contributed by atoms with Gasteiger partial charge < -0.3 is 15.7 Å². The molecule has 2 heterocycles. The van der Waals surface area contributed by atoms with Crippen LogP contribution in [0.25, 0.3) is 22.4 Å². The van der Waals surface area contributed by atoms with Gasteiger partial charge in [0.05, 0.1) is 17.8 Å². The molecule has 1 amide bonds. The monoisotopic (exact) mass is 510 g/mol. The molecular weight excluding hydrogens is 480 g/mol. The van der Waals surface area contributed by atoms with Gasteiger partial charge in [0.2, 0.25) is 0 Å². The van der Waals surface area contributed by atoms with Crippen molar-refractivity contribution < 1.29 is 9.90 Å². The molecule has 188 valence electrons. The van der Waals surface area contributed by atoms with Crippen LogP contribution in [0.5, 0.6) is 0 Å². The van der Waals surface area contributed by atoms with Crippen LogP contribution in [0.2, 0.25) is 0 Å². The fourth-order valence-electron chi connectivity index (χ4n) is 4.09. The van der Waals surface area contributed by atoms with E-state index in [1.54, 1.807) is 42.8 Å². The van der Waals surface area contributed by atoms with Crippen LogP contribution in [0, 0.1) is 0 Å². The molecule has 0 aliphatic heterocycles. The van der Waals surface area contributed by atoms with Crippen molar-refractivity contribution in [1.82, 2.24) is 15.3 Å². The molecule has 0 bridgehead atoms. The molecule has 1 atom stereocenters. The van der Waals surface area contributed by atoms with Crippen LogP contribution in [0.15, 0.2) is 89.7 Å². The Labute approximate surface area is 221 Å². The minimum absolute atomic E-state index is 0.165. The lowest BCUT2D eigenvalue weighted by Gasteiger charge is -2.22. The Morgan fingerprint density at radius 3 is 2.54 bits per heavy atom. The van der Waals surface area contributed by atoms with Gasteiger partial charge in [-0.1, -0.05) is 37.3 Å². The zero-order valence-electron chi connectivity index (χ0n) is 21.0. The molecule has 7 heteroatoms. The van der Waals surface area contributed by atoms with E-state index in [4.69, 9.17) is 4.98 Å². The molecule has 0 radical (unpaired) electrons. The number of hydrogen-bond donors (Lipinski definition) is 3. The summed E-state index contributed by atoms with van der Waals surface area (Å²) in [5.41, 5.74) is 6.82. The number of benzene rings is 2. The van der Waals surface area contributed by atoms with Gasteiger partial charge in [-0.2, -0.15) is 0 Å². The zero-order valence-corrected chi connectivity index (χ0v) is 21.8. The van der Waals surface area contributed by atoms with Crippen molar-refractivity contribution >= 4 is 22.4 Å². The maximum absolute atomic E-state index is 12.9. The number of nitrogens with zero attached hydrogens (tertiary/aromatic N) is 2. The molecule has 2 aromatic heterocycles. The molecule has 0 saturated heterocycles. The second-order valence-corrected chi connectivity index (χ2v) is 10.3. The Hall–Kier alpha value is -3.81. The first-order chi connectivity index (χ1) is 17.9. The van der Waals surface area contributed by atoms with Crippen molar-refractivity contribution in [1.29, 1.82) is 0 Å². The lowest BCUT2D eigenvalue weighted by Crippen LogP contribution is -2.28. The lowest BCUT2D eigenvalue weighted by atomic mass is 9.92. The molecule has 6 nitrogen and oxygen atoms in total. The number of nitrogens with one attached hydrogen (secondary N) is 2. The van der Waals surface area contributed by atoms with Gasteiger partial charge in [0.15, 0.2) is 5.13 Å². The summed E-state index contributed by atoms with van der Waals surface area (Å²) in [6.07, 6.45) is 6.22. The summed E-state index contributed by atoms with van der Waals surface area (Å²) < 4.78 is 0. The lowest BCUT2D eigenvalue weighted by molar-refractivity contribution is 0.0530. The van der Waals surface area contributed by atoms with E-state index >= 15 is 0 Å². The van der Waals surface area contributed by atoms with Gasteiger partial charge >= 0.3 is 0 Å². The van der Waals surface area contributed by atoms with Gasteiger partial charge in [0.25, 0.3) is 5.91 Å². The van der Waals surface area contributed by atoms with E-state index in [2.05, 4.69) is 33.8 Å². The van der Waals surface area contributed by atoms with Crippen LogP contribution in [-0.4, -0.2) is 27.5 Å². The molecule has 0 spiro atoms. The quantitative estimate of drug-likeness (QED) is 0.243. The molecular formula is C30H30N4O2S. The molecule has 1 unspecified atom stereocenters. The summed E-state index contributed by atoms with van der Waals surface area (Å²) in [5, 5.41) is 19.9. The highest BCUT2D eigenvalue weighted by atomic mass is 32.1. The number of aliphatic hydroxyl groups is 1. The number of anilines is 1. The van der Waals surface area contributed by atoms with E-state index in [-0.39, 0.29) is 5.91 Å². The number of rotatable bonds is 9. The second kappa shape index (κ2) is 10.7. The van der Waals surface area contributed by atoms with Gasteiger partial charge in [-0.15, -0.1) is 11.3 Å². The van der Waals surface area contributed by atoms with Crippen molar-refractivity contribution in [3.8, 4) is 22.4 Å². The van der Waals surface area contributed by atoms with E-state index in [0.29, 0.717) is 18.5 Å². The zero-order chi connectivity index (χ0) is 25.8. The maximum atomic E-state index is 12.9. The van der Waals surface area contributed by atoms with Gasteiger partial charge in [0.1, 0.15) is 0 Å². The van der Waals surface area contributed by atoms with E-state index in [1.807, 2.05) is 42.6 Å². The number of pyridine rings is 1. The largest absolute Gasteiger partial charge is 0.385 e. The highest BCUT2D eigenvalue weighted by Crippen LogP contribution is 2.34. The average Bonchev–Trinajstić information content (AvgIpc) is 3.69. The third kappa shape index (κ3) is 5.96. The number of hydrogen-bond acceptors (Lipinski definition) is 6. The third-order valence-corrected chi connectivity index (χ3v) is 7.48. The molecule has 1 saturated carbocycles. The number of carbonyl (C=O) groups excluding carboxylic acids is 1. The normalized spacial score (nSPS) is 14.1. The Bertz CT molecular complexity index is 1440. The van der Waals surface area contributed by atoms with Crippen molar-refractivity contribution in [3.05, 3.63) is 101 Å². The van der Waals surface area contributed by atoms with E-state index in [0.717, 1.165) is 51.6 Å². The van der Waals surface area contributed by atoms with Crippen LogP contribution >= 0.6 is 11.3 Å². The SMILES string of the molecule is CCC(C)(O)c1cccc(C(=O)NCC(Nc2nc(-c3cccc(-c4ccncc4)c3)cs2)=C2CC2)c1. The number of carbonyl (C=O) groups is 1. The maximum Gasteiger partial charge on any atom is 0.251 e. The number of amides is 1. The first kappa shape index (κ1) is 24.9. The van der Waals surface area contributed by atoms with Crippen molar-refractivity contribution in [2.24, 2.45) is 0 Å². The predicted octanol–water partition coefficient (Wildman–Crippen LogP) is 6.38. The van der Waals surface area contributed by atoms with E-state index in [1.165, 1.54) is 5.57 Å². The van der Waals surface area contributed by atoms with Crippen LogP contribution in [0.3, 0.4) is 0 Å². The number of allylic oxidation sites excluding steroid dienone is 1. The predicted molar refractivity (Wildman–Crippen MR) is 149 cm³/mol. The fraction of sp³-hybridized carbons (Fsp3) is 0.233. The minimum atomic E-state index is -0.959. The highest BCUT2D eigenvalue weighted by molar-refractivity contribution is 7.14. The fourth-order valence-corrected chi connectivity index (χ4v) is 4.83. The van der Waals surface area contributed by atoms with Gasteiger partial charge in [-0.25, -0.2) is 4.98 Å². The molecule has 1 aliphatic rings. The first-order valence-corrected chi connectivity index (χ1v) is 13.4. The molecule has 5 rings (SSSR count). The number of thiazole rings is 1. The summed E-state index contributed by atoms with van der Waals surface area (Å²) in [4.78, 5) is 21.8. The summed E-state index contributed by atoms with van der Waals surface area (Å²) in [5.74, 6) is -0.165. The molecule has 37 heavy (non-hydrogen) atoms. The van der Waals surface area contributed by atoms with E-state index < -0.39 is 5.60 Å². The van der Waals surface area contributed by atoms with Crippen molar-refractivity contribution in [2.75, 3.05) is 11.9 Å². The summed E-state index contributed by atoms with van der Waals surface area (Å²) in [7, 11) is 0. The minimum Gasteiger partial charge on any atom is -0.385 e. The summed E-state index contributed by atoms with van der Waals surface area (Å²) in [6, 6.07) is 19.5. The van der Waals surface area contributed by atoms with Crippen molar-refractivity contribution in [2.45, 2.75) is 38.7 Å². The van der Waals surface area contributed by atoms with Gasteiger partial charge in [-0.3, -0.25) is 9.78 Å². The van der Waals surface area contributed by atoms with Crippen LogP contribution in [0.1, 0.15) is 49.0 Å². The summed E-state index contributed by atoms with van der Waals surface area (Å²) in [6.45, 7) is 4.09. The Morgan fingerprint density at radius 2 is 1.78 bits per heavy atom. The molecule has 1 aliphatic carbocycles. The summed E-state index contributed by atoms with van der Waals surface area (Å²) >= 11 is 1.55. The molecule has 3 N–H and O–H groups in total. The van der Waals surface area contributed by atoms with Crippen LogP contribution in [-0.2, 0) is 5.60 Å². The Balaban J connectivity index is 1.26. The van der Waals surface area contributed by atoms with Crippen molar-refractivity contribution in [3.63, 3.8) is 0 Å². The highest BCUT2D eigenvalue weighted by Gasteiger charge is 2.22. The molecule has 2 aromatic carbocycles. The first-order valence-electron chi connectivity index (χ1n) is 12.5. The molecule has 4 aromatic rings. The number of aromatic nitrogens is 2. The van der Waals surface area contributed by atoms with Crippen LogP contribution in [0.4, 0.5) is 5.13 Å². The van der Waals surface area contributed by atoms with E-state index in [9.17, 15) is 9.90 Å². The molecule has 1 fully saturated rings. The third-order valence-electron chi connectivity index (χ3n) is 6.72. The average molecular weight is 511 g/mol. The standard InChI is InChI=1S/C30H30N4O2S/c1-3-30(2,36)25-9-5-8-24(17-25)28(35)32-18-26(21-10-11-21)33-29-34-27(19-37-29)23-7-4-6-22(16-23)20-12-14-31-15-13-20/h4-9,12-17,19,36H,3,10-11,18H2,1-2H3,(H,32,35)(H,33,34). The van der Waals surface area contributed by atoms with Gasteiger partial charge in [0, 0.05) is 34.6 Å². The van der Waals surface area contributed by atoms with Crippen LogP contribution < -0.4 is 10.6 Å². The Morgan fingerprint density at radius 1 is 1.03 bits per heavy atom. The van der Waals surface area contributed by atoms with Gasteiger partial charge in [-0.05, 0) is 78.8 Å². The Kier molecular flexibility index (Phi) is 7.17. The smallest absolute Gasteiger partial charge is 0.251 e. The topological polar surface area (TPSA) is 87.1 Å².